The van der Waals surface area contributed by atoms with Crippen LogP contribution in [0.15, 0.2) is 211 Å². The van der Waals surface area contributed by atoms with Crippen LogP contribution in [-0.2, 0) is 5.41 Å². The lowest BCUT2D eigenvalue weighted by Gasteiger charge is -2.35. The summed E-state index contributed by atoms with van der Waals surface area (Å²) < 4.78 is 6.48. The van der Waals surface area contributed by atoms with Crippen molar-refractivity contribution in [3.63, 3.8) is 0 Å². The first-order valence-electron chi connectivity index (χ1n) is 18.8. The number of fused-ring (bicyclic) bond motifs is 7. The minimum Gasteiger partial charge on any atom is -0.456 e. The minimum absolute atomic E-state index is 0.519. The van der Waals surface area contributed by atoms with Crippen LogP contribution < -0.4 is 4.90 Å². The topological polar surface area (TPSA) is 29.3 Å². The van der Waals surface area contributed by atoms with Crippen LogP contribution in [0, 0.1) is 0 Å². The number of nitrogens with zero attached hydrogens (tertiary/aromatic N) is 2. The van der Waals surface area contributed by atoms with Gasteiger partial charge in [-0.25, -0.2) is 0 Å². The summed E-state index contributed by atoms with van der Waals surface area (Å²) in [6.45, 7) is 0. The zero-order valence-corrected chi connectivity index (χ0v) is 29.9. The van der Waals surface area contributed by atoms with Crippen LogP contribution in [0.5, 0.6) is 0 Å². The number of hydrogen-bond acceptors (Lipinski definition) is 3. The molecule has 2 aromatic heterocycles. The Morgan fingerprint density at radius 1 is 0.436 bits per heavy atom. The third-order valence-corrected chi connectivity index (χ3v) is 11.4. The molecule has 0 spiro atoms. The average Bonchev–Trinajstić information content (AvgIpc) is 3.76. The van der Waals surface area contributed by atoms with Gasteiger partial charge in [0.1, 0.15) is 11.2 Å². The van der Waals surface area contributed by atoms with Crippen LogP contribution in [0.4, 0.5) is 17.1 Å². The largest absolute Gasteiger partial charge is 0.456 e. The van der Waals surface area contributed by atoms with Crippen molar-refractivity contribution in [3.05, 3.63) is 229 Å². The standard InChI is InChI=1S/C52H34N2O/c1-4-14-35(15-5-1)42-20-11-13-23-49(42)54(40-25-27-50-46(32-40)45-30-37-34-53-29-28-36(37)31-51(45)55-50)41-24-26-44-43-21-10-12-22-47(43)52(48(44)33-41,38-16-6-2-7-17-38)39-18-8-3-9-19-39/h1-34H. The lowest BCUT2D eigenvalue weighted by atomic mass is 9.67. The number of rotatable bonds is 6. The van der Waals surface area contributed by atoms with E-state index in [1.54, 1.807) is 0 Å². The maximum atomic E-state index is 6.48. The highest BCUT2D eigenvalue weighted by atomic mass is 16.3. The van der Waals surface area contributed by atoms with E-state index in [0.29, 0.717) is 0 Å². The first kappa shape index (κ1) is 31.3. The number of aromatic nitrogens is 1. The van der Waals surface area contributed by atoms with Gasteiger partial charge in [-0.3, -0.25) is 4.98 Å². The van der Waals surface area contributed by atoms with Gasteiger partial charge in [-0.2, -0.15) is 0 Å². The molecule has 0 atom stereocenters. The van der Waals surface area contributed by atoms with E-state index >= 15 is 0 Å². The zero-order chi connectivity index (χ0) is 36.3. The maximum absolute atomic E-state index is 6.48. The Kier molecular flexibility index (Phi) is 7.08. The van der Waals surface area contributed by atoms with E-state index in [-0.39, 0.29) is 0 Å². The molecule has 0 amide bonds. The summed E-state index contributed by atoms with van der Waals surface area (Å²) in [6, 6.07) is 70.4. The van der Waals surface area contributed by atoms with E-state index in [1.807, 2.05) is 18.5 Å². The second kappa shape index (κ2) is 12.4. The third-order valence-electron chi connectivity index (χ3n) is 11.4. The molecule has 0 saturated carbocycles. The summed E-state index contributed by atoms with van der Waals surface area (Å²) in [5.41, 5.74) is 14.3. The normalized spacial score (nSPS) is 12.9. The summed E-state index contributed by atoms with van der Waals surface area (Å²) in [5, 5.41) is 4.34. The van der Waals surface area contributed by atoms with Gasteiger partial charge in [0.15, 0.2) is 0 Å². The van der Waals surface area contributed by atoms with E-state index in [1.165, 1.54) is 33.4 Å². The Morgan fingerprint density at radius 3 is 1.84 bits per heavy atom. The quantitative estimate of drug-likeness (QED) is 0.173. The number of para-hydroxylation sites is 1. The smallest absolute Gasteiger partial charge is 0.136 e. The Labute approximate surface area is 319 Å². The number of pyridine rings is 1. The van der Waals surface area contributed by atoms with Crippen molar-refractivity contribution < 1.29 is 4.42 Å². The van der Waals surface area contributed by atoms with Crippen molar-refractivity contribution in [2.75, 3.05) is 4.90 Å². The predicted octanol–water partition coefficient (Wildman–Crippen LogP) is 13.6. The molecule has 2 heterocycles. The molecule has 0 unspecified atom stereocenters. The monoisotopic (exact) mass is 702 g/mol. The van der Waals surface area contributed by atoms with Gasteiger partial charge >= 0.3 is 0 Å². The fourth-order valence-electron chi connectivity index (χ4n) is 9.01. The lowest BCUT2D eigenvalue weighted by Crippen LogP contribution is -2.28. The van der Waals surface area contributed by atoms with Crippen LogP contribution in [0.2, 0.25) is 0 Å². The summed E-state index contributed by atoms with van der Waals surface area (Å²) >= 11 is 0. The van der Waals surface area contributed by atoms with Gasteiger partial charge in [0.2, 0.25) is 0 Å². The molecule has 10 aromatic rings. The third kappa shape index (κ3) is 4.80. The Bertz CT molecular complexity index is 3000. The molecule has 1 aliphatic rings. The molecule has 1 aliphatic carbocycles. The molecule has 258 valence electrons. The fraction of sp³-hybridized carbons (Fsp3) is 0.0192. The minimum atomic E-state index is -0.519. The molecule has 0 bridgehead atoms. The Balaban J connectivity index is 1.20. The summed E-state index contributed by atoms with van der Waals surface area (Å²) in [7, 11) is 0. The van der Waals surface area contributed by atoms with Gasteiger partial charge < -0.3 is 9.32 Å². The van der Waals surface area contributed by atoms with Crippen molar-refractivity contribution in [2.24, 2.45) is 0 Å². The van der Waals surface area contributed by atoms with Gasteiger partial charge in [0.25, 0.3) is 0 Å². The second-order valence-corrected chi connectivity index (χ2v) is 14.3. The maximum Gasteiger partial charge on any atom is 0.136 e. The van der Waals surface area contributed by atoms with Gasteiger partial charge in [-0.1, -0.05) is 140 Å². The summed E-state index contributed by atoms with van der Waals surface area (Å²) in [4.78, 5) is 6.83. The number of hydrogen-bond donors (Lipinski definition) is 0. The summed E-state index contributed by atoms with van der Waals surface area (Å²) in [6.07, 6.45) is 3.75. The zero-order valence-electron chi connectivity index (χ0n) is 29.9. The van der Waals surface area contributed by atoms with Crippen LogP contribution in [-0.4, -0.2) is 4.98 Å². The first-order chi connectivity index (χ1) is 27.3. The number of furan rings is 1. The van der Waals surface area contributed by atoms with Crippen LogP contribution >= 0.6 is 0 Å². The molecule has 0 fully saturated rings. The average molecular weight is 703 g/mol. The molecule has 11 rings (SSSR count). The molecule has 8 aromatic carbocycles. The van der Waals surface area contributed by atoms with Crippen molar-refractivity contribution in [3.8, 4) is 22.3 Å². The van der Waals surface area contributed by atoms with Crippen LogP contribution in [0.1, 0.15) is 22.3 Å². The van der Waals surface area contributed by atoms with E-state index < -0.39 is 5.41 Å². The highest BCUT2D eigenvalue weighted by molar-refractivity contribution is 6.11. The second-order valence-electron chi connectivity index (χ2n) is 14.3. The van der Waals surface area contributed by atoms with Crippen molar-refractivity contribution in [1.29, 1.82) is 0 Å². The molecule has 0 saturated heterocycles. The van der Waals surface area contributed by atoms with Crippen molar-refractivity contribution in [1.82, 2.24) is 4.98 Å². The fourth-order valence-corrected chi connectivity index (χ4v) is 9.01. The van der Waals surface area contributed by atoms with Gasteiger partial charge in [0.05, 0.1) is 11.1 Å². The van der Waals surface area contributed by atoms with Gasteiger partial charge in [-0.15, -0.1) is 0 Å². The first-order valence-corrected chi connectivity index (χ1v) is 18.8. The SMILES string of the molecule is c1ccc(-c2ccccc2N(c2ccc3c(c2)C(c2ccccc2)(c2ccccc2)c2ccccc2-3)c2ccc3oc4cc5ccncc5cc4c3c2)cc1. The lowest BCUT2D eigenvalue weighted by molar-refractivity contribution is 0.669. The van der Waals surface area contributed by atoms with Crippen molar-refractivity contribution in [2.45, 2.75) is 5.41 Å². The molecule has 3 nitrogen and oxygen atoms in total. The molecule has 3 heteroatoms. The molecule has 55 heavy (non-hydrogen) atoms. The van der Waals surface area contributed by atoms with Gasteiger partial charge in [-0.05, 0) is 98.9 Å². The number of benzene rings is 8. The van der Waals surface area contributed by atoms with Crippen molar-refractivity contribution >= 4 is 49.8 Å². The highest BCUT2D eigenvalue weighted by Gasteiger charge is 2.46. The van der Waals surface area contributed by atoms with E-state index in [2.05, 4.69) is 198 Å². The highest BCUT2D eigenvalue weighted by Crippen LogP contribution is 2.57. The Morgan fingerprint density at radius 2 is 1.05 bits per heavy atom. The molecular formula is C52H34N2O. The predicted molar refractivity (Wildman–Crippen MR) is 226 cm³/mol. The van der Waals surface area contributed by atoms with Gasteiger partial charge in [0, 0.05) is 45.5 Å². The Hall–Kier alpha value is -7.23. The van der Waals surface area contributed by atoms with E-state index in [9.17, 15) is 0 Å². The van der Waals surface area contributed by atoms with Crippen LogP contribution in [0.25, 0.3) is 55.0 Å². The molecular weight excluding hydrogens is 669 g/mol. The molecule has 0 aliphatic heterocycles. The summed E-state index contributed by atoms with van der Waals surface area (Å²) in [5.74, 6) is 0. The van der Waals surface area contributed by atoms with Crippen LogP contribution in [0.3, 0.4) is 0 Å². The molecule has 0 radical (unpaired) electrons. The van der Waals surface area contributed by atoms with E-state index in [4.69, 9.17) is 4.42 Å². The molecule has 0 N–H and O–H groups in total. The number of anilines is 3. The van der Waals surface area contributed by atoms with E-state index in [0.717, 1.165) is 60.9 Å².